The third kappa shape index (κ3) is 2.67. The summed E-state index contributed by atoms with van der Waals surface area (Å²) in [6.45, 7) is 5.92. The summed E-state index contributed by atoms with van der Waals surface area (Å²) in [5, 5.41) is 3.82. The third-order valence-electron chi connectivity index (χ3n) is 4.84. The van der Waals surface area contributed by atoms with Gasteiger partial charge in [-0.25, -0.2) is 0 Å². The molecule has 3 nitrogen and oxygen atoms in total. The first kappa shape index (κ1) is 11.9. The number of fused-ring (bicyclic) bond motifs is 1. The molecule has 0 amide bonds. The van der Waals surface area contributed by atoms with Gasteiger partial charge in [-0.2, -0.15) is 0 Å². The van der Waals surface area contributed by atoms with Gasteiger partial charge in [-0.15, -0.1) is 0 Å². The summed E-state index contributed by atoms with van der Waals surface area (Å²) in [6, 6.07) is 2.14. The molecule has 3 fully saturated rings. The molecule has 0 aromatic heterocycles. The molecular formula is C14H26N2O. The molecule has 3 rings (SSSR count). The Morgan fingerprint density at radius 3 is 2.94 bits per heavy atom. The van der Waals surface area contributed by atoms with E-state index in [1.165, 1.54) is 51.6 Å². The van der Waals surface area contributed by atoms with Crippen LogP contribution in [0.1, 0.15) is 45.4 Å². The second-order valence-electron chi connectivity index (χ2n) is 6.06. The van der Waals surface area contributed by atoms with Gasteiger partial charge in [-0.05, 0) is 58.5 Å². The van der Waals surface area contributed by atoms with Crippen LogP contribution in [0, 0.1) is 0 Å². The van der Waals surface area contributed by atoms with E-state index in [1.807, 2.05) is 0 Å². The van der Waals surface area contributed by atoms with Gasteiger partial charge < -0.3 is 15.0 Å². The Morgan fingerprint density at radius 1 is 1.18 bits per heavy atom. The third-order valence-corrected chi connectivity index (χ3v) is 4.84. The molecular weight excluding hydrogens is 212 g/mol. The summed E-state index contributed by atoms with van der Waals surface area (Å²) < 4.78 is 5.77. The van der Waals surface area contributed by atoms with Gasteiger partial charge in [0.1, 0.15) is 0 Å². The van der Waals surface area contributed by atoms with Crippen LogP contribution in [0.2, 0.25) is 0 Å². The van der Waals surface area contributed by atoms with E-state index < -0.39 is 0 Å². The molecule has 3 aliphatic heterocycles. The van der Waals surface area contributed by atoms with Gasteiger partial charge in [0.15, 0.2) is 0 Å². The highest BCUT2D eigenvalue weighted by Gasteiger charge is 2.33. The van der Waals surface area contributed by atoms with E-state index in [0.29, 0.717) is 12.1 Å². The zero-order chi connectivity index (χ0) is 11.7. The van der Waals surface area contributed by atoms with Crippen LogP contribution in [0.15, 0.2) is 0 Å². The van der Waals surface area contributed by atoms with Crippen LogP contribution in [0.5, 0.6) is 0 Å². The summed E-state index contributed by atoms with van der Waals surface area (Å²) in [5.74, 6) is 0. The Kier molecular flexibility index (Phi) is 3.69. The number of ether oxygens (including phenoxy) is 1. The van der Waals surface area contributed by atoms with Crippen LogP contribution in [-0.4, -0.2) is 48.8 Å². The van der Waals surface area contributed by atoms with Crippen molar-refractivity contribution in [1.29, 1.82) is 0 Å². The van der Waals surface area contributed by atoms with Gasteiger partial charge in [0, 0.05) is 24.7 Å². The molecule has 0 aliphatic carbocycles. The molecule has 3 heteroatoms. The molecule has 0 radical (unpaired) electrons. The van der Waals surface area contributed by atoms with E-state index in [9.17, 15) is 0 Å². The van der Waals surface area contributed by atoms with Gasteiger partial charge in [-0.3, -0.25) is 0 Å². The first-order chi connectivity index (χ1) is 8.33. The van der Waals surface area contributed by atoms with Crippen LogP contribution in [0.25, 0.3) is 0 Å². The highest BCUT2D eigenvalue weighted by molar-refractivity contribution is 4.91. The SMILES string of the molecule is CC(NC1CCN2CCCC2C1)C1CCCO1. The fourth-order valence-electron chi connectivity index (χ4n) is 3.85. The van der Waals surface area contributed by atoms with Gasteiger partial charge in [0.2, 0.25) is 0 Å². The van der Waals surface area contributed by atoms with Crippen molar-refractivity contribution in [2.24, 2.45) is 0 Å². The maximum Gasteiger partial charge on any atom is 0.0726 e. The fourth-order valence-corrected chi connectivity index (χ4v) is 3.85. The smallest absolute Gasteiger partial charge is 0.0726 e. The molecule has 3 saturated heterocycles. The molecule has 98 valence electrons. The minimum Gasteiger partial charge on any atom is -0.377 e. The molecule has 4 unspecified atom stereocenters. The topological polar surface area (TPSA) is 24.5 Å². The van der Waals surface area contributed by atoms with Crippen molar-refractivity contribution in [3.63, 3.8) is 0 Å². The molecule has 0 aromatic carbocycles. The summed E-state index contributed by atoms with van der Waals surface area (Å²) in [5.41, 5.74) is 0. The van der Waals surface area contributed by atoms with Crippen molar-refractivity contribution in [1.82, 2.24) is 10.2 Å². The normalized spacial score (nSPS) is 40.4. The minimum atomic E-state index is 0.469. The van der Waals surface area contributed by atoms with Crippen LogP contribution in [0.3, 0.4) is 0 Å². The summed E-state index contributed by atoms with van der Waals surface area (Å²) in [4.78, 5) is 2.69. The molecule has 0 saturated carbocycles. The highest BCUT2D eigenvalue weighted by Crippen LogP contribution is 2.27. The zero-order valence-corrected chi connectivity index (χ0v) is 11.0. The van der Waals surface area contributed by atoms with Crippen LogP contribution in [-0.2, 0) is 4.74 Å². The number of rotatable bonds is 3. The lowest BCUT2D eigenvalue weighted by atomic mass is 9.96. The van der Waals surface area contributed by atoms with Crippen molar-refractivity contribution >= 4 is 0 Å². The standard InChI is InChI=1S/C14H26N2O/c1-11(14-5-3-9-17-14)15-12-6-8-16-7-2-4-13(16)10-12/h11-15H,2-10H2,1H3. The minimum absolute atomic E-state index is 0.469. The Bertz CT molecular complexity index is 253. The number of hydrogen-bond acceptors (Lipinski definition) is 3. The number of nitrogens with zero attached hydrogens (tertiary/aromatic N) is 1. The van der Waals surface area contributed by atoms with Crippen molar-refractivity contribution < 1.29 is 4.74 Å². The van der Waals surface area contributed by atoms with Crippen LogP contribution in [0.4, 0.5) is 0 Å². The van der Waals surface area contributed by atoms with E-state index >= 15 is 0 Å². The van der Waals surface area contributed by atoms with Crippen LogP contribution >= 0.6 is 0 Å². The lowest BCUT2D eigenvalue weighted by molar-refractivity contribution is 0.0713. The second kappa shape index (κ2) is 5.25. The monoisotopic (exact) mass is 238 g/mol. The van der Waals surface area contributed by atoms with E-state index in [0.717, 1.165) is 18.7 Å². The fraction of sp³-hybridized carbons (Fsp3) is 1.00. The lowest BCUT2D eigenvalue weighted by Crippen LogP contribution is -2.50. The summed E-state index contributed by atoms with van der Waals surface area (Å²) in [6.07, 6.45) is 8.49. The predicted octanol–water partition coefficient (Wildman–Crippen LogP) is 1.77. The Hall–Kier alpha value is -0.120. The molecule has 3 heterocycles. The van der Waals surface area contributed by atoms with E-state index in [1.54, 1.807) is 0 Å². The Labute approximate surface area is 105 Å². The van der Waals surface area contributed by atoms with Crippen molar-refractivity contribution in [2.75, 3.05) is 19.7 Å². The quantitative estimate of drug-likeness (QED) is 0.811. The van der Waals surface area contributed by atoms with Crippen molar-refractivity contribution in [3.8, 4) is 0 Å². The van der Waals surface area contributed by atoms with Gasteiger partial charge >= 0.3 is 0 Å². The van der Waals surface area contributed by atoms with Gasteiger partial charge in [-0.1, -0.05) is 0 Å². The zero-order valence-electron chi connectivity index (χ0n) is 11.0. The first-order valence-electron chi connectivity index (χ1n) is 7.44. The maximum absolute atomic E-state index is 5.77. The number of nitrogens with one attached hydrogen (secondary N) is 1. The average molecular weight is 238 g/mol. The predicted molar refractivity (Wildman–Crippen MR) is 69.2 cm³/mol. The summed E-state index contributed by atoms with van der Waals surface area (Å²) >= 11 is 0. The van der Waals surface area contributed by atoms with E-state index in [4.69, 9.17) is 4.74 Å². The second-order valence-corrected chi connectivity index (χ2v) is 6.06. The summed E-state index contributed by atoms with van der Waals surface area (Å²) in [7, 11) is 0. The molecule has 3 aliphatic rings. The average Bonchev–Trinajstić information content (AvgIpc) is 2.99. The molecule has 0 aromatic rings. The van der Waals surface area contributed by atoms with E-state index in [-0.39, 0.29) is 0 Å². The van der Waals surface area contributed by atoms with E-state index in [2.05, 4.69) is 17.1 Å². The molecule has 4 atom stereocenters. The van der Waals surface area contributed by atoms with Crippen molar-refractivity contribution in [2.45, 2.75) is 69.7 Å². The lowest BCUT2D eigenvalue weighted by Gasteiger charge is -2.37. The largest absolute Gasteiger partial charge is 0.377 e. The molecule has 0 spiro atoms. The highest BCUT2D eigenvalue weighted by atomic mass is 16.5. The first-order valence-corrected chi connectivity index (χ1v) is 7.44. The number of hydrogen-bond donors (Lipinski definition) is 1. The van der Waals surface area contributed by atoms with Crippen LogP contribution < -0.4 is 5.32 Å². The number of piperidine rings is 1. The Balaban J connectivity index is 1.48. The van der Waals surface area contributed by atoms with Gasteiger partial charge in [0.25, 0.3) is 0 Å². The molecule has 17 heavy (non-hydrogen) atoms. The van der Waals surface area contributed by atoms with Gasteiger partial charge in [0.05, 0.1) is 6.10 Å². The maximum atomic E-state index is 5.77. The molecule has 0 bridgehead atoms. The molecule has 1 N–H and O–H groups in total. The van der Waals surface area contributed by atoms with Crippen molar-refractivity contribution in [3.05, 3.63) is 0 Å². The Morgan fingerprint density at radius 2 is 2.12 bits per heavy atom.